The molecule has 1 atom stereocenters. The lowest BCUT2D eigenvalue weighted by Crippen LogP contribution is -2.14. The van der Waals surface area contributed by atoms with Crippen molar-refractivity contribution in [3.05, 3.63) is 141 Å². The number of nitrogens with zero attached hydrogens (tertiary/aromatic N) is 2. The van der Waals surface area contributed by atoms with E-state index < -0.39 is 0 Å². The van der Waals surface area contributed by atoms with Gasteiger partial charge < -0.3 is 9.97 Å². The minimum Gasteiger partial charge on any atom is -0.358 e. The predicted octanol–water partition coefficient (Wildman–Crippen LogP) is 6.31. The van der Waals surface area contributed by atoms with Crippen LogP contribution in [-0.4, -0.2) is 21.4 Å². The van der Waals surface area contributed by atoms with Crippen molar-refractivity contribution < 1.29 is 0 Å². The summed E-state index contributed by atoms with van der Waals surface area (Å²) in [6.45, 7) is 0. The Morgan fingerprint density at radius 1 is 0.550 bits per heavy atom. The molecule has 2 N–H and O–H groups in total. The quantitative estimate of drug-likeness (QED) is 0.240. The van der Waals surface area contributed by atoms with Gasteiger partial charge in [0.2, 0.25) is 0 Å². The highest BCUT2D eigenvalue weighted by atomic mass is 14.9. The summed E-state index contributed by atoms with van der Waals surface area (Å²) in [4.78, 5) is 18.0. The van der Waals surface area contributed by atoms with Gasteiger partial charge in [0, 0.05) is 66.7 Å². The van der Waals surface area contributed by atoms with Gasteiger partial charge in [-0.25, -0.2) is 4.99 Å². The third kappa shape index (κ3) is 3.13. The molecule has 188 valence electrons. The molecule has 0 spiro atoms. The van der Waals surface area contributed by atoms with Crippen molar-refractivity contribution in [1.29, 1.82) is 0 Å². The number of aromatic amines is 2. The Labute approximate surface area is 230 Å². The molecule has 5 heterocycles. The Balaban J connectivity index is 1.39. The van der Waals surface area contributed by atoms with Gasteiger partial charge >= 0.3 is 0 Å². The van der Waals surface area contributed by atoms with Crippen LogP contribution >= 0.6 is 0 Å². The molecule has 3 aliphatic heterocycles. The fourth-order valence-corrected chi connectivity index (χ4v) is 6.62. The molecule has 6 aromatic rings. The van der Waals surface area contributed by atoms with Gasteiger partial charge in [-0.1, -0.05) is 97.1 Å². The standard InChI is InChI=1S/C36H24N4/c1-2-10-22-21(9-1)29-17-31-23-11-3-4-12-24(23)33(38-31)19-35-27-15-7-8-16-28(27)36(40-35)20-34-26-14-6-5-13-25(26)32(39-34)18-30(22)37-29/h1-19,34,37,40H,20H2/b29-17-,30-18-,33-19-. The Kier molecular flexibility index (Phi) is 4.41. The smallest absolute Gasteiger partial charge is 0.0817 e. The molecule has 9 rings (SSSR count). The number of rotatable bonds is 0. The van der Waals surface area contributed by atoms with Crippen LogP contribution in [0.25, 0.3) is 45.5 Å². The Morgan fingerprint density at radius 3 is 1.98 bits per heavy atom. The normalized spacial score (nSPS) is 20.0. The highest BCUT2D eigenvalue weighted by molar-refractivity contribution is 6.28. The van der Waals surface area contributed by atoms with Crippen molar-refractivity contribution in [1.82, 2.24) is 9.97 Å². The summed E-state index contributed by atoms with van der Waals surface area (Å²) >= 11 is 0. The second-order valence-electron chi connectivity index (χ2n) is 10.7. The first-order valence-electron chi connectivity index (χ1n) is 13.8. The minimum absolute atomic E-state index is 0.0435. The number of H-pyrrole nitrogens is 2. The SMILES string of the molecule is C1=C2N=C(/C=c3\[nH]/c(c4ccccc34)=C\C3=NC(Cc4[nH]c/1c1ccccc41)c1ccccc13)c1ccccc1\2. The lowest BCUT2D eigenvalue weighted by atomic mass is 9.97. The van der Waals surface area contributed by atoms with Crippen LogP contribution < -0.4 is 10.7 Å². The lowest BCUT2D eigenvalue weighted by molar-refractivity contribution is 0.731. The highest BCUT2D eigenvalue weighted by Crippen LogP contribution is 2.37. The van der Waals surface area contributed by atoms with Crippen molar-refractivity contribution in [2.75, 3.05) is 0 Å². The molecule has 4 aromatic carbocycles. The maximum atomic E-state index is 5.31. The van der Waals surface area contributed by atoms with Gasteiger partial charge in [-0.05, 0) is 23.8 Å². The lowest BCUT2D eigenvalue weighted by Gasteiger charge is -2.09. The summed E-state index contributed by atoms with van der Waals surface area (Å²) in [5.74, 6) is 0. The first-order valence-corrected chi connectivity index (χ1v) is 13.8. The summed E-state index contributed by atoms with van der Waals surface area (Å²) < 4.78 is 0. The number of hydrogen-bond donors (Lipinski definition) is 2. The van der Waals surface area contributed by atoms with Gasteiger partial charge in [-0.2, -0.15) is 0 Å². The van der Waals surface area contributed by atoms with E-state index in [0.717, 1.165) is 51.1 Å². The molecule has 2 aromatic heterocycles. The molecule has 0 radical (unpaired) electrons. The van der Waals surface area contributed by atoms with Gasteiger partial charge in [0.25, 0.3) is 0 Å². The van der Waals surface area contributed by atoms with Crippen LogP contribution in [0.4, 0.5) is 0 Å². The van der Waals surface area contributed by atoms with E-state index in [9.17, 15) is 0 Å². The van der Waals surface area contributed by atoms with Crippen LogP contribution in [0, 0.1) is 0 Å². The molecular formula is C36H24N4. The second kappa shape index (κ2) is 8.14. The van der Waals surface area contributed by atoms with E-state index in [1.807, 2.05) is 0 Å². The number of hydrogen-bond acceptors (Lipinski definition) is 2. The largest absolute Gasteiger partial charge is 0.358 e. The molecule has 4 heteroatoms. The van der Waals surface area contributed by atoms with Crippen molar-refractivity contribution in [2.45, 2.75) is 12.5 Å². The number of nitrogens with one attached hydrogen (secondary N) is 2. The summed E-state index contributed by atoms with van der Waals surface area (Å²) in [6, 6.07) is 34.4. The maximum Gasteiger partial charge on any atom is 0.0817 e. The number of aromatic nitrogens is 2. The Hall–Kier alpha value is -5.22. The zero-order chi connectivity index (χ0) is 26.2. The van der Waals surface area contributed by atoms with E-state index in [-0.39, 0.29) is 6.04 Å². The second-order valence-corrected chi connectivity index (χ2v) is 10.7. The molecule has 4 nitrogen and oxygen atoms in total. The van der Waals surface area contributed by atoms with Crippen LogP contribution in [-0.2, 0) is 6.42 Å². The fraction of sp³-hybridized carbons (Fsp3) is 0.0556. The Morgan fingerprint density at radius 2 is 1.18 bits per heavy atom. The summed E-state index contributed by atoms with van der Waals surface area (Å²) in [7, 11) is 0. The molecule has 1 unspecified atom stereocenters. The zero-order valence-electron chi connectivity index (χ0n) is 21.6. The minimum atomic E-state index is 0.0435. The molecule has 0 saturated carbocycles. The molecule has 8 bridgehead atoms. The first kappa shape index (κ1) is 21.7. The van der Waals surface area contributed by atoms with E-state index in [4.69, 9.17) is 9.98 Å². The third-order valence-electron chi connectivity index (χ3n) is 8.46. The van der Waals surface area contributed by atoms with Crippen molar-refractivity contribution >= 4 is 56.9 Å². The van der Waals surface area contributed by atoms with Gasteiger partial charge in [0.1, 0.15) is 0 Å². The fourth-order valence-electron chi connectivity index (χ4n) is 6.62. The van der Waals surface area contributed by atoms with Crippen LogP contribution in [0.3, 0.4) is 0 Å². The number of fused-ring (bicyclic) bond motifs is 18. The first-order chi connectivity index (χ1) is 19.8. The third-order valence-corrected chi connectivity index (χ3v) is 8.46. The van der Waals surface area contributed by atoms with Crippen molar-refractivity contribution in [2.24, 2.45) is 9.98 Å². The molecule has 3 aliphatic rings. The number of aliphatic imine (C=N–C) groups is 2. The highest BCUT2D eigenvalue weighted by Gasteiger charge is 2.26. The van der Waals surface area contributed by atoms with E-state index >= 15 is 0 Å². The van der Waals surface area contributed by atoms with Gasteiger partial charge in [0.05, 0.1) is 23.2 Å². The van der Waals surface area contributed by atoms with Crippen molar-refractivity contribution in [3.8, 4) is 0 Å². The summed E-state index contributed by atoms with van der Waals surface area (Å²) in [5.41, 5.74) is 10.0. The van der Waals surface area contributed by atoms with Crippen LogP contribution in [0.2, 0.25) is 0 Å². The molecule has 40 heavy (non-hydrogen) atoms. The average molecular weight is 513 g/mol. The van der Waals surface area contributed by atoms with Gasteiger partial charge in [0.15, 0.2) is 0 Å². The molecule has 0 amide bonds. The topological polar surface area (TPSA) is 56.3 Å². The predicted molar refractivity (Wildman–Crippen MR) is 165 cm³/mol. The average Bonchev–Trinajstić information content (AvgIpc) is 3.73. The van der Waals surface area contributed by atoms with Gasteiger partial charge in [-0.3, -0.25) is 4.99 Å². The molecular weight excluding hydrogens is 488 g/mol. The molecule has 0 fully saturated rings. The molecule has 0 aliphatic carbocycles. The van der Waals surface area contributed by atoms with Crippen LogP contribution in [0.15, 0.2) is 107 Å². The van der Waals surface area contributed by atoms with Gasteiger partial charge in [-0.15, -0.1) is 0 Å². The van der Waals surface area contributed by atoms with E-state index in [1.54, 1.807) is 0 Å². The monoisotopic (exact) mass is 512 g/mol. The van der Waals surface area contributed by atoms with Crippen LogP contribution in [0.5, 0.6) is 0 Å². The summed E-state index contributed by atoms with van der Waals surface area (Å²) in [5, 5.41) is 6.94. The van der Waals surface area contributed by atoms with E-state index in [0.29, 0.717) is 0 Å². The number of benzene rings is 4. The van der Waals surface area contributed by atoms with E-state index in [1.165, 1.54) is 38.4 Å². The Bertz CT molecular complexity index is 2250. The zero-order valence-corrected chi connectivity index (χ0v) is 21.6. The molecule has 0 saturated heterocycles. The van der Waals surface area contributed by atoms with Crippen molar-refractivity contribution in [3.63, 3.8) is 0 Å². The van der Waals surface area contributed by atoms with E-state index in [2.05, 4.69) is 125 Å². The summed E-state index contributed by atoms with van der Waals surface area (Å²) in [6.07, 6.45) is 7.42. The maximum absolute atomic E-state index is 5.31. The van der Waals surface area contributed by atoms with Crippen LogP contribution in [0.1, 0.15) is 39.7 Å².